The van der Waals surface area contributed by atoms with Gasteiger partial charge in [0.2, 0.25) is 0 Å². The van der Waals surface area contributed by atoms with Gasteiger partial charge in [0.25, 0.3) is 5.91 Å². The molecule has 1 atom stereocenters. The first-order valence-electron chi connectivity index (χ1n) is 6.45. The first-order chi connectivity index (χ1) is 9.61. The topological polar surface area (TPSA) is 41.1 Å². The minimum absolute atomic E-state index is 0.160. The maximum atomic E-state index is 12.9. The van der Waals surface area contributed by atoms with E-state index in [2.05, 4.69) is 10.6 Å². The lowest BCUT2D eigenvalue weighted by atomic mass is 10.1. The smallest absolute Gasteiger partial charge is 0.253 e. The second kappa shape index (κ2) is 6.19. The highest BCUT2D eigenvalue weighted by Crippen LogP contribution is 2.17. The van der Waals surface area contributed by atoms with Crippen molar-refractivity contribution >= 4 is 11.6 Å². The van der Waals surface area contributed by atoms with Crippen LogP contribution in [-0.2, 0) is 0 Å². The van der Waals surface area contributed by atoms with E-state index in [1.807, 2.05) is 25.1 Å². The number of amides is 1. The Morgan fingerprint density at radius 2 is 1.75 bits per heavy atom. The van der Waals surface area contributed by atoms with E-state index >= 15 is 0 Å². The molecule has 2 aromatic carbocycles. The summed E-state index contributed by atoms with van der Waals surface area (Å²) in [6.07, 6.45) is 0. The van der Waals surface area contributed by atoms with Crippen LogP contribution in [-0.4, -0.2) is 13.0 Å². The number of hydrogen-bond donors (Lipinski definition) is 2. The number of para-hydroxylation sites is 1. The standard InChI is InChI=1S/C16H17FN2O/c1-11(12-7-9-13(17)10-8-12)19-16(20)14-5-3-4-6-15(14)18-2/h3-11,18H,1-2H3,(H,19,20). The molecule has 0 aliphatic rings. The molecule has 0 aliphatic heterocycles. The summed E-state index contributed by atoms with van der Waals surface area (Å²) in [6.45, 7) is 1.87. The van der Waals surface area contributed by atoms with E-state index < -0.39 is 0 Å². The van der Waals surface area contributed by atoms with Crippen LogP contribution in [0.5, 0.6) is 0 Å². The molecule has 0 saturated carbocycles. The van der Waals surface area contributed by atoms with Gasteiger partial charge in [0, 0.05) is 12.7 Å². The third-order valence-electron chi connectivity index (χ3n) is 3.16. The molecule has 1 unspecified atom stereocenters. The molecule has 2 aromatic rings. The molecule has 2 N–H and O–H groups in total. The lowest BCUT2D eigenvalue weighted by Crippen LogP contribution is -2.27. The third kappa shape index (κ3) is 3.15. The summed E-state index contributed by atoms with van der Waals surface area (Å²) in [4.78, 5) is 12.2. The van der Waals surface area contributed by atoms with Crippen molar-refractivity contribution in [2.24, 2.45) is 0 Å². The summed E-state index contributed by atoms with van der Waals surface area (Å²) in [7, 11) is 1.77. The first kappa shape index (κ1) is 14.1. The SMILES string of the molecule is CNc1ccccc1C(=O)NC(C)c1ccc(F)cc1. The molecule has 0 bridgehead atoms. The molecule has 4 heteroatoms. The van der Waals surface area contributed by atoms with Gasteiger partial charge >= 0.3 is 0 Å². The van der Waals surface area contributed by atoms with Gasteiger partial charge in [-0.1, -0.05) is 24.3 Å². The van der Waals surface area contributed by atoms with Gasteiger partial charge in [-0.25, -0.2) is 4.39 Å². The summed E-state index contributed by atoms with van der Waals surface area (Å²) >= 11 is 0. The minimum Gasteiger partial charge on any atom is -0.387 e. The van der Waals surface area contributed by atoms with Gasteiger partial charge in [0.1, 0.15) is 5.82 Å². The van der Waals surface area contributed by atoms with Gasteiger partial charge in [-0.15, -0.1) is 0 Å². The molecular formula is C16H17FN2O. The fraction of sp³-hybridized carbons (Fsp3) is 0.188. The summed E-state index contributed by atoms with van der Waals surface area (Å²) in [6, 6.07) is 13.2. The van der Waals surface area contributed by atoms with Crippen LogP contribution in [0.15, 0.2) is 48.5 Å². The molecule has 0 aromatic heterocycles. The van der Waals surface area contributed by atoms with E-state index in [1.54, 1.807) is 25.2 Å². The van der Waals surface area contributed by atoms with E-state index in [-0.39, 0.29) is 17.8 Å². The maximum Gasteiger partial charge on any atom is 0.253 e. The predicted octanol–water partition coefficient (Wildman–Crippen LogP) is 3.36. The average Bonchev–Trinajstić information content (AvgIpc) is 2.47. The zero-order chi connectivity index (χ0) is 14.5. The van der Waals surface area contributed by atoms with E-state index in [0.717, 1.165) is 11.3 Å². The van der Waals surface area contributed by atoms with E-state index in [1.165, 1.54) is 12.1 Å². The number of hydrogen-bond acceptors (Lipinski definition) is 2. The van der Waals surface area contributed by atoms with Gasteiger partial charge in [-0.2, -0.15) is 0 Å². The second-order valence-electron chi connectivity index (χ2n) is 4.54. The van der Waals surface area contributed by atoms with Gasteiger partial charge in [-0.05, 0) is 36.8 Å². The van der Waals surface area contributed by atoms with Crippen LogP contribution in [0.3, 0.4) is 0 Å². The number of carbonyl (C=O) groups excluding carboxylic acids is 1. The molecule has 0 heterocycles. The Bertz CT molecular complexity index is 596. The fourth-order valence-corrected chi connectivity index (χ4v) is 2.01. The molecule has 20 heavy (non-hydrogen) atoms. The predicted molar refractivity (Wildman–Crippen MR) is 78.3 cm³/mol. The summed E-state index contributed by atoms with van der Waals surface area (Å²) < 4.78 is 12.9. The van der Waals surface area contributed by atoms with Crippen molar-refractivity contribution in [3.8, 4) is 0 Å². The second-order valence-corrected chi connectivity index (χ2v) is 4.54. The number of benzene rings is 2. The summed E-state index contributed by atoms with van der Waals surface area (Å²) in [5.74, 6) is -0.445. The van der Waals surface area contributed by atoms with Gasteiger partial charge < -0.3 is 10.6 Å². The lowest BCUT2D eigenvalue weighted by Gasteiger charge is -2.16. The Morgan fingerprint density at radius 3 is 2.40 bits per heavy atom. The molecule has 0 saturated heterocycles. The molecule has 0 spiro atoms. The molecule has 0 fully saturated rings. The molecule has 104 valence electrons. The van der Waals surface area contributed by atoms with Crippen molar-refractivity contribution in [3.63, 3.8) is 0 Å². The zero-order valence-corrected chi connectivity index (χ0v) is 11.5. The minimum atomic E-state index is -0.284. The van der Waals surface area contributed by atoms with E-state index in [4.69, 9.17) is 0 Å². The highest BCUT2D eigenvalue weighted by atomic mass is 19.1. The van der Waals surface area contributed by atoms with Crippen molar-refractivity contribution < 1.29 is 9.18 Å². The number of carbonyl (C=O) groups is 1. The van der Waals surface area contributed by atoms with Gasteiger partial charge in [-0.3, -0.25) is 4.79 Å². The lowest BCUT2D eigenvalue weighted by molar-refractivity contribution is 0.0940. The first-order valence-corrected chi connectivity index (χ1v) is 6.45. The maximum absolute atomic E-state index is 12.9. The van der Waals surface area contributed by atoms with Crippen molar-refractivity contribution in [3.05, 3.63) is 65.5 Å². The molecular weight excluding hydrogens is 255 g/mol. The van der Waals surface area contributed by atoms with Crippen molar-refractivity contribution in [2.45, 2.75) is 13.0 Å². The van der Waals surface area contributed by atoms with Crippen LogP contribution < -0.4 is 10.6 Å². The van der Waals surface area contributed by atoms with Crippen LogP contribution in [0.4, 0.5) is 10.1 Å². The Balaban J connectivity index is 2.13. The van der Waals surface area contributed by atoms with Gasteiger partial charge in [0.15, 0.2) is 0 Å². The van der Waals surface area contributed by atoms with Gasteiger partial charge in [0.05, 0.1) is 11.6 Å². The van der Waals surface area contributed by atoms with Crippen LogP contribution in [0.2, 0.25) is 0 Å². The largest absolute Gasteiger partial charge is 0.387 e. The Labute approximate surface area is 117 Å². The number of anilines is 1. The average molecular weight is 272 g/mol. The molecule has 0 radical (unpaired) electrons. The van der Waals surface area contributed by atoms with Crippen molar-refractivity contribution in [1.29, 1.82) is 0 Å². The Kier molecular flexibility index (Phi) is 4.35. The zero-order valence-electron chi connectivity index (χ0n) is 11.5. The summed E-state index contributed by atoms with van der Waals surface area (Å²) in [5, 5.41) is 5.89. The number of halogens is 1. The highest BCUT2D eigenvalue weighted by molar-refractivity contribution is 5.99. The molecule has 0 aliphatic carbocycles. The normalized spacial score (nSPS) is 11.8. The molecule has 2 rings (SSSR count). The van der Waals surface area contributed by atoms with Crippen molar-refractivity contribution in [1.82, 2.24) is 5.32 Å². The fourth-order valence-electron chi connectivity index (χ4n) is 2.01. The summed E-state index contributed by atoms with van der Waals surface area (Å²) in [5.41, 5.74) is 2.22. The van der Waals surface area contributed by atoms with Crippen LogP contribution in [0, 0.1) is 5.82 Å². The van der Waals surface area contributed by atoms with Crippen LogP contribution in [0.1, 0.15) is 28.9 Å². The third-order valence-corrected chi connectivity index (χ3v) is 3.16. The number of nitrogens with one attached hydrogen (secondary N) is 2. The monoisotopic (exact) mass is 272 g/mol. The molecule has 1 amide bonds. The highest BCUT2D eigenvalue weighted by Gasteiger charge is 2.13. The number of rotatable bonds is 4. The molecule has 3 nitrogen and oxygen atoms in total. The van der Waals surface area contributed by atoms with E-state index in [0.29, 0.717) is 5.56 Å². The van der Waals surface area contributed by atoms with Crippen LogP contribution in [0.25, 0.3) is 0 Å². The van der Waals surface area contributed by atoms with Crippen molar-refractivity contribution in [2.75, 3.05) is 12.4 Å². The van der Waals surface area contributed by atoms with E-state index in [9.17, 15) is 9.18 Å². The Morgan fingerprint density at radius 1 is 1.10 bits per heavy atom. The quantitative estimate of drug-likeness (QED) is 0.896. The Hall–Kier alpha value is -2.36. The van der Waals surface area contributed by atoms with Crippen LogP contribution >= 0.6 is 0 Å².